The molecule has 0 heterocycles. The third kappa shape index (κ3) is 5.75. The molecule has 0 spiro atoms. The van der Waals surface area contributed by atoms with Crippen LogP contribution in [0, 0.1) is 5.41 Å². The molecular weight excluding hydrogens is 281 g/mol. The van der Waals surface area contributed by atoms with Crippen LogP contribution in [0.4, 0.5) is 13.2 Å². The Morgan fingerprint density at radius 3 is 2.14 bits per heavy atom. The Balaban J connectivity index is 2.95. The van der Waals surface area contributed by atoms with Crippen molar-refractivity contribution in [2.24, 2.45) is 11.1 Å². The molecule has 0 fully saturated rings. The number of rotatable bonds is 4. The second-order valence-electron chi connectivity index (χ2n) is 6.14. The molecule has 0 radical (unpaired) electrons. The second kappa shape index (κ2) is 6.47. The van der Waals surface area contributed by atoms with Gasteiger partial charge < -0.3 is 10.6 Å². The zero-order chi connectivity index (χ0) is 16.3. The number of amides is 1. The second-order valence-corrected chi connectivity index (χ2v) is 6.14. The van der Waals surface area contributed by atoms with Gasteiger partial charge in [-0.3, -0.25) is 4.79 Å². The lowest BCUT2D eigenvalue weighted by atomic mass is 9.86. The Bertz CT molecular complexity index is 466. The lowest BCUT2D eigenvalue weighted by Crippen LogP contribution is -2.52. The highest BCUT2D eigenvalue weighted by molar-refractivity contribution is 5.82. The number of benzene rings is 1. The van der Waals surface area contributed by atoms with Gasteiger partial charge in [0, 0.05) is 6.54 Å². The lowest BCUT2D eigenvalue weighted by molar-refractivity contribution is -0.164. The first-order valence-corrected chi connectivity index (χ1v) is 6.66. The van der Waals surface area contributed by atoms with E-state index < -0.39 is 30.1 Å². The van der Waals surface area contributed by atoms with Gasteiger partial charge in [0.2, 0.25) is 5.91 Å². The summed E-state index contributed by atoms with van der Waals surface area (Å²) >= 11 is 0. The zero-order valence-electron chi connectivity index (χ0n) is 12.4. The number of hydrogen-bond donors (Lipinski definition) is 1. The van der Waals surface area contributed by atoms with Crippen LogP contribution in [0.5, 0.6) is 0 Å². The van der Waals surface area contributed by atoms with Crippen molar-refractivity contribution in [3.63, 3.8) is 0 Å². The molecule has 3 nitrogen and oxygen atoms in total. The summed E-state index contributed by atoms with van der Waals surface area (Å²) in [7, 11) is 0. The molecular formula is C15H21F3N2O. The average molecular weight is 302 g/mol. The molecule has 0 aliphatic heterocycles. The van der Waals surface area contributed by atoms with Gasteiger partial charge >= 0.3 is 6.18 Å². The molecule has 1 atom stereocenters. The summed E-state index contributed by atoms with van der Waals surface area (Å²) in [5.74, 6) is -0.691. The highest BCUT2D eigenvalue weighted by atomic mass is 19.4. The van der Waals surface area contributed by atoms with E-state index in [1.807, 2.05) is 0 Å². The number of carbonyl (C=O) groups is 1. The molecule has 2 N–H and O–H groups in total. The summed E-state index contributed by atoms with van der Waals surface area (Å²) in [5.41, 5.74) is 5.84. The SMILES string of the molecule is CC(C)(C)[C@H](N)C(=O)N(Cc1ccccc1)CC(F)(F)F. The Morgan fingerprint density at radius 1 is 1.19 bits per heavy atom. The molecule has 1 aromatic rings. The quantitative estimate of drug-likeness (QED) is 0.929. The fraction of sp³-hybridized carbons (Fsp3) is 0.533. The first kappa shape index (κ1) is 17.5. The van der Waals surface area contributed by atoms with Crippen LogP contribution < -0.4 is 5.73 Å². The number of alkyl halides is 3. The minimum absolute atomic E-state index is 0.108. The predicted molar refractivity (Wildman–Crippen MR) is 75.3 cm³/mol. The van der Waals surface area contributed by atoms with Crippen LogP contribution in [-0.4, -0.2) is 29.6 Å². The number of hydrogen-bond acceptors (Lipinski definition) is 2. The van der Waals surface area contributed by atoms with Crippen LogP contribution in [0.15, 0.2) is 30.3 Å². The van der Waals surface area contributed by atoms with Gasteiger partial charge in [-0.15, -0.1) is 0 Å². The summed E-state index contributed by atoms with van der Waals surface area (Å²) in [6, 6.07) is 7.58. The molecule has 1 aromatic carbocycles. The van der Waals surface area contributed by atoms with E-state index in [-0.39, 0.29) is 6.54 Å². The van der Waals surface area contributed by atoms with Crippen LogP contribution in [0.25, 0.3) is 0 Å². The van der Waals surface area contributed by atoms with Crippen molar-refractivity contribution >= 4 is 5.91 Å². The molecule has 6 heteroatoms. The summed E-state index contributed by atoms with van der Waals surface area (Å²) in [6.07, 6.45) is -4.46. The standard InChI is InChI=1S/C15H21F3N2O/c1-14(2,3)12(19)13(21)20(10-15(16,17)18)9-11-7-5-4-6-8-11/h4-8,12H,9-10,19H2,1-3H3/t12-/m1/s1. The van der Waals surface area contributed by atoms with Gasteiger partial charge in [0.1, 0.15) is 6.54 Å². The predicted octanol–water partition coefficient (Wildman–Crippen LogP) is 2.95. The Hall–Kier alpha value is -1.56. The molecule has 0 bridgehead atoms. The van der Waals surface area contributed by atoms with E-state index in [0.29, 0.717) is 5.56 Å². The minimum Gasteiger partial charge on any atom is -0.328 e. The average Bonchev–Trinajstić information content (AvgIpc) is 2.34. The first-order chi connectivity index (χ1) is 9.50. The van der Waals surface area contributed by atoms with Crippen LogP contribution >= 0.6 is 0 Å². The molecule has 118 valence electrons. The van der Waals surface area contributed by atoms with Gasteiger partial charge in [-0.25, -0.2) is 0 Å². The van der Waals surface area contributed by atoms with E-state index in [0.717, 1.165) is 4.90 Å². The minimum atomic E-state index is -4.46. The Kier molecular flexibility index (Phi) is 5.39. The van der Waals surface area contributed by atoms with E-state index in [2.05, 4.69) is 0 Å². The maximum atomic E-state index is 12.7. The van der Waals surface area contributed by atoms with Gasteiger partial charge in [-0.1, -0.05) is 51.1 Å². The highest BCUT2D eigenvalue weighted by Crippen LogP contribution is 2.23. The largest absolute Gasteiger partial charge is 0.406 e. The third-order valence-corrected chi connectivity index (χ3v) is 3.10. The van der Waals surface area contributed by atoms with Crippen molar-refractivity contribution in [1.29, 1.82) is 0 Å². The van der Waals surface area contributed by atoms with Gasteiger partial charge in [0.05, 0.1) is 6.04 Å². The maximum Gasteiger partial charge on any atom is 0.406 e. The van der Waals surface area contributed by atoms with Crippen molar-refractivity contribution in [1.82, 2.24) is 4.90 Å². The van der Waals surface area contributed by atoms with E-state index >= 15 is 0 Å². The smallest absolute Gasteiger partial charge is 0.328 e. The number of nitrogens with two attached hydrogens (primary N) is 1. The van der Waals surface area contributed by atoms with Crippen LogP contribution in [0.2, 0.25) is 0 Å². The summed E-state index contributed by atoms with van der Waals surface area (Å²) in [4.78, 5) is 13.0. The summed E-state index contributed by atoms with van der Waals surface area (Å²) in [5, 5.41) is 0. The molecule has 1 amide bonds. The Labute approximate surface area is 122 Å². The van der Waals surface area contributed by atoms with E-state index in [1.165, 1.54) is 0 Å². The van der Waals surface area contributed by atoms with Crippen LogP contribution in [0.1, 0.15) is 26.3 Å². The van der Waals surface area contributed by atoms with Crippen LogP contribution in [0.3, 0.4) is 0 Å². The highest BCUT2D eigenvalue weighted by Gasteiger charge is 2.37. The van der Waals surface area contributed by atoms with Gasteiger partial charge in [-0.05, 0) is 11.0 Å². The van der Waals surface area contributed by atoms with Crippen molar-refractivity contribution in [2.75, 3.05) is 6.54 Å². The summed E-state index contributed by atoms with van der Waals surface area (Å²) < 4.78 is 38.1. The van der Waals surface area contributed by atoms with E-state index in [9.17, 15) is 18.0 Å². The molecule has 1 rings (SSSR count). The van der Waals surface area contributed by atoms with E-state index in [1.54, 1.807) is 51.1 Å². The van der Waals surface area contributed by atoms with E-state index in [4.69, 9.17) is 5.73 Å². The molecule has 0 aliphatic carbocycles. The fourth-order valence-corrected chi connectivity index (χ4v) is 1.80. The third-order valence-electron chi connectivity index (χ3n) is 3.10. The van der Waals surface area contributed by atoms with Crippen molar-refractivity contribution < 1.29 is 18.0 Å². The van der Waals surface area contributed by atoms with Crippen molar-refractivity contribution in [3.8, 4) is 0 Å². The molecule has 0 saturated carbocycles. The number of carbonyl (C=O) groups excluding carboxylic acids is 1. The topological polar surface area (TPSA) is 46.3 Å². The summed E-state index contributed by atoms with van der Waals surface area (Å²) in [6.45, 7) is 3.77. The Morgan fingerprint density at radius 2 is 1.71 bits per heavy atom. The lowest BCUT2D eigenvalue weighted by Gasteiger charge is -2.32. The first-order valence-electron chi connectivity index (χ1n) is 6.66. The molecule has 0 aliphatic rings. The molecule has 0 saturated heterocycles. The zero-order valence-corrected chi connectivity index (χ0v) is 12.4. The van der Waals surface area contributed by atoms with Crippen LogP contribution in [-0.2, 0) is 11.3 Å². The normalized spacial score (nSPS) is 13.9. The van der Waals surface area contributed by atoms with Crippen molar-refractivity contribution in [2.45, 2.75) is 39.5 Å². The van der Waals surface area contributed by atoms with Gasteiger partial charge in [0.15, 0.2) is 0 Å². The maximum absolute atomic E-state index is 12.7. The van der Waals surface area contributed by atoms with Gasteiger partial charge in [-0.2, -0.15) is 13.2 Å². The monoisotopic (exact) mass is 302 g/mol. The number of halogens is 3. The number of nitrogens with zero attached hydrogens (tertiary/aromatic N) is 1. The molecule has 0 aromatic heterocycles. The van der Waals surface area contributed by atoms with Crippen molar-refractivity contribution in [3.05, 3.63) is 35.9 Å². The molecule has 0 unspecified atom stereocenters. The fourth-order valence-electron chi connectivity index (χ4n) is 1.80. The van der Waals surface area contributed by atoms with Gasteiger partial charge in [0.25, 0.3) is 0 Å². The molecule has 21 heavy (non-hydrogen) atoms.